The Hall–Kier alpha value is -2.14. The van der Waals surface area contributed by atoms with Gasteiger partial charge in [-0.2, -0.15) is 0 Å². The fourth-order valence-corrected chi connectivity index (χ4v) is 2.90. The minimum atomic E-state index is -0.922. The fraction of sp³-hybridized carbons (Fsp3) is 0.333. The zero-order valence-electron chi connectivity index (χ0n) is 13.0. The lowest BCUT2D eigenvalue weighted by atomic mass is 9.96. The Morgan fingerprint density at radius 2 is 1.96 bits per heavy atom. The van der Waals surface area contributed by atoms with Crippen LogP contribution in [-0.4, -0.2) is 23.5 Å². The normalized spacial score (nSPS) is 11.9. The number of carboxylic acids is 1. The van der Waals surface area contributed by atoms with E-state index in [9.17, 15) is 9.59 Å². The Labute approximate surface area is 139 Å². The molecule has 122 valence electrons. The lowest BCUT2D eigenvalue weighted by Crippen LogP contribution is -2.17. The molecular formula is C18H20O4S. The summed E-state index contributed by atoms with van der Waals surface area (Å²) in [7, 11) is 0. The molecular weight excluding hydrogens is 312 g/mol. The van der Waals surface area contributed by atoms with Gasteiger partial charge >= 0.3 is 5.97 Å². The van der Waals surface area contributed by atoms with Crippen LogP contribution >= 0.6 is 11.3 Å². The third-order valence-electron chi connectivity index (χ3n) is 3.65. The molecule has 23 heavy (non-hydrogen) atoms. The summed E-state index contributed by atoms with van der Waals surface area (Å²) in [5, 5.41) is 11.1. The molecule has 5 heteroatoms. The Bertz CT molecular complexity index is 632. The standard InChI is InChI=1S/C18H20O4S/c1-2-13(18(20)21)12-17(19)14-5-7-15(8-6-14)22-10-9-16-4-3-11-23-16/h3-8,11,13H,2,9-10,12H2,1H3,(H,20,21). The first-order chi connectivity index (χ1) is 11.1. The molecule has 1 N–H and O–H groups in total. The van der Waals surface area contributed by atoms with E-state index in [-0.39, 0.29) is 12.2 Å². The van der Waals surface area contributed by atoms with Gasteiger partial charge in [0.05, 0.1) is 12.5 Å². The predicted molar refractivity (Wildman–Crippen MR) is 90.3 cm³/mol. The molecule has 0 spiro atoms. The summed E-state index contributed by atoms with van der Waals surface area (Å²) >= 11 is 1.70. The predicted octanol–water partition coefficient (Wildman–Crippen LogP) is 4.05. The molecule has 0 aliphatic carbocycles. The van der Waals surface area contributed by atoms with Gasteiger partial charge in [-0.15, -0.1) is 11.3 Å². The first-order valence-electron chi connectivity index (χ1n) is 7.61. The molecule has 1 heterocycles. The SMILES string of the molecule is CCC(CC(=O)c1ccc(OCCc2cccs2)cc1)C(=O)O. The van der Waals surface area contributed by atoms with Gasteiger partial charge in [-0.25, -0.2) is 0 Å². The Morgan fingerprint density at radius 3 is 2.52 bits per heavy atom. The van der Waals surface area contributed by atoms with Gasteiger partial charge in [-0.1, -0.05) is 13.0 Å². The van der Waals surface area contributed by atoms with Crippen LogP contribution in [0.25, 0.3) is 0 Å². The molecule has 0 aliphatic heterocycles. The molecule has 1 unspecified atom stereocenters. The second-order valence-electron chi connectivity index (χ2n) is 5.27. The number of ketones is 1. The van der Waals surface area contributed by atoms with Crippen molar-refractivity contribution >= 4 is 23.1 Å². The first-order valence-corrected chi connectivity index (χ1v) is 8.49. The van der Waals surface area contributed by atoms with Crippen LogP contribution in [0.3, 0.4) is 0 Å². The van der Waals surface area contributed by atoms with E-state index in [1.807, 2.05) is 11.4 Å². The molecule has 0 amide bonds. The minimum Gasteiger partial charge on any atom is -0.493 e. The second kappa shape index (κ2) is 8.48. The lowest BCUT2D eigenvalue weighted by molar-refractivity contribution is -0.141. The molecule has 0 saturated heterocycles. The number of ether oxygens (including phenoxy) is 1. The second-order valence-corrected chi connectivity index (χ2v) is 6.31. The lowest BCUT2D eigenvalue weighted by Gasteiger charge is -2.09. The quantitative estimate of drug-likeness (QED) is 0.704. The number of carbonyl (C=O) groups is 2. The molecule has 2 rings (SSSR count). The van der Waals surface area contributed by atoms with Gasteiger partial charge in [0.1, 0.15) is 5.75 Å². The van der Waals surface area contributed by atoms with E-state index < -0.39 is 11.9 Å². The van der Waals surface area contributed by atoms with E-state index in [0.29, 0.717) is 24.3 Å². The van der Waals surface area contributed by atoms with E-state index in [4.69, 9.17) is 9.84 Å². The van der Waals surface area contributed by atoms with E-state index in [0.717, 1.165) is 6.42 Å². The van der Waals surface area contributed by atoms with E-state index in [2.05, 4.69) is 6.07 Å². The third kappa shape index (κ3) is 5.21. The highest BCUT2D eigenvalue weighted by Gasteiger charge is 2.19. The number of thiophene rings is 1. The molecule has 0 bridgehead atoms. The summed E-state index contributed by atoms with van der Waals surface area (Å²) in [6.07, 6.45) is 1.34. The van der Waals surface area contributed by atoms with Crippen molar-refractivity contribution in [1.82, 2.24) is 0 Å². The fourth-order valence-electron chi connectivity index (χ4n) is 2.21. The number of hydrogen-bond acceptors (Lipinski definition) is 4. The number of carboxylic acid groups (broad SMARTS) is 1. The van der Waals surface area contributed by atoms with Crippen molar-refractivity contribution in [1.29, 1.82) is 0 Å². The number of rotatable bonds is 9. The summed E-state index contributed by atoms with van der Waals surface area (Å²) in [5.41, 5.74) is 0.523. The highest BCUT2D eigenvalue weighted by molar-refractivity contribution is 7.09. The average Bonchev–Trinajstić information content (AvgIpc) is 3.06. The van der Waals surface area contributed by atoms with Crippen LogP contribution in [0.2, 0.25) is 0 Å². The zero-order chi connectivity index (χ0) is 16.7. The maximum absolute atomic E-state index is 12.1. The molecule has 0 saturated carbocycles. The van der Waals surface area contributed by atoms with Crippen molar-refractivity contribution < 1.29 is 19.4 Å². The number of benzene rings is 1. The molecule has 1 atom stereocenters. The van der Waals surface area contributed by atoms with Crippen molar-refractivity contribution in [2.75, 3.05) is 6.61 Å². The van der Waals surface area contributed by atoms with Crippen molar-refractivity contribution in [3.8, 4) is 5.75 Å². The highest BCUT2D eigenvalue weighted by Crippen LogP contribution is 2.18. The van der Waals surface area contributed by atoms with Crippen LogP contribution in [0.15, 0.2) is 41.8 Å². The summed E-state index contributed by atoms with van der Waals surface area (Å²) < 4.78 is 5.66. The number of carbonyl (C=O) groups excluding carboxylic acids is 1. The zero-order valence-corrected chi connectivity index (χ0v) is 13.8. The van der Waals surface area contributed by atoms with Crippen LogP contribution in [0.5, 0.6) is 5.75 Å². The topological polar surface area (TPSA) is 63.6 Å². The molecule has 1 aromatic heterocycles. The smallest absolute Gasteiger partial charge is 0.306 e. The van der Waals surface area contributed by atoms with Crippen molar-refractivity contribution in [3.63, 3.8) is 0 Å². The van der Waals surface area contributed by atoms with Gasteiger partial charge in [-0.3, -0.25) is 9.59 Å². The van der Waals surface area contributed by atoms with Crippen molar-refractivity contribution in [3.05, 3.63) is 52.2 Å². The van der Waals surface area contributed by atoms with Crippen LogP contribution in [0.1, 0.15) is 35.0 Å². The van der Waals surface area contributed by atoms with Gasteiger partial charge in [0.15, 0.2) is 5.78 Å². The van der Waals surface area contributed by atoms with Crippen LogP contribution < -0.4 is 4.74 Å². The van der Waals surface area contributed by atoms with Gasteiger partial charge in [-0.05, 0) is 42.1 Å². The highest BCUT2D eigenvalue weighted by atomic mass is 32.1. The van der Waals surface area contributed by atoms with Crippen LogP contribution in [0.4, 0.5) is 0 Å². The average molecular weight is 332 g/mol. The molecule has 4 nitrogen and oxygen atoms in total. The summed E-state index contributed by atoms with van der Waals surface area (Å²) in [4.78, 5) is 24.4. The number of hydrogen-bond donors (Lipinski definition) is 1. The molecule has 0 fully saturated rings. The largest absolute Gasteiger partial charge is 0.493 e. The first kappa shape index (κ1) is 17.2. The maximum atomic E-state index is 12.1. The Balaban J connectivity index is 1.85. The van der Waals surface area contributed by atoms with Gasteiger partial charge < -0.3 is 9.84 Å². The maximum Gasteiger partial charge on any atom is 0.306 e. The van der Waals surface area contributed by atoms with Crippen LogP contribution in [-0.2, 0) is 11.2 Å². The monoisotopic (exact) mass is 332 g/mol. The summed E-state index contributed by atoms with van der Waals surface area (Å²) in [6.45, 7) is 2.36. The third-order valence-corrected chi connectivity index (χ3v) is 4.58. The van der Waals surface area contributed by atoms with Crippen molar-refractivity contribution in [2.45, 2.75) is 26.2 Å². The molecule has 1 aromatic carbocycles. The van der Waals surface area contributed by atoms with Gasteiger partial charge in [0.25, 0.3) is 0 Å². The summed E-state index contributed by atoms with van der Waals surface area (Å²) in [5.74, 6) is -0.980. The molecule has 0 radical (unpaired) electrons. The van der Waals surface area contributed by atoms with Crippen molar-refractivity contribution in [2.24, 2.45) is 5.92 Å². The van der Waals surface area contributed by atoms with E-state index in [1.165, 1.54) is 4.88 Å². The molecule has 2 aromatic rings. The summed E-state index contributed by atoms with van der Waals surface area (Å²) in [6, 6.07) is 11.0. The van der Waals surface area contributed by atoms with Gasteiger partial charge in [0.2, 0.25) is 0 Å². The number of Topliss-reactive ketones (excluding diaryl/α,β-unsaturated/α-hetero) is 1. The van der Waals surface area contributed by atoms with Gasteiger partial charge in [0, 0.05) is 23.3 Å². The van der Waals surface area contributed by atoms with Crippen LogP contribution in [0, 0.1) is 5.92 Å². The Morgan fingerprint density at radius 1 is 1.22 bits per heavy atom. The van der Waals surface area contributed by atoms with E-state index in [1.54, 1.807) is 42.5 Å². The van der Waals surface area contributed by atoms with E-state index >= 15 is 0 Å². The molecule has 0 aliphatic rings. The Kier molecular flexibility index (Phi) is 6.35. The number of aliphatic carboxylic acids is 1. The minimum absolute atomic E-state index is 0.0322.